The Morgan fingerprint density at radius 2 is 1.77 bits per heavy atom. The third-order valence-corrected chi connectivity index (χ3v) is 7.67. The number of carbonyl (C=O) groups is 2. The van der Waals surface area contributed by atoms with E-state index in [1.165, 1.54) is 4.88 Å². The van der Waals surface area contributed by atoms with E-state index in [0.717, 1.165) is 53.1 Å². The molecule has 6 nitrogen and oxygen atoms in total. The van der Waals surface area contributed by atoms with E-state index in [4.69, 9.17) is 14.5 Å². The van der Waals surface area contributed by atoms with Gasteiger partial charge in [-0.05, 0) is 85.7 Å². The third-order valence-electron chi connectivity index (χ3n) is 6.47. The molecule has 1 amide bonds. The highest BCUT2D eigenvalue weighted by Crippen LogP contribution is 2.40. The number of fused-ring (bicyclic) bond motifs is 1. The number of amides is 1. The lowest BCUT2D eigenvalue weighted by Gasteiger charge is -2.12. The molecule has 1 aliphatic rings. The van der Waals surface area contributed by atoms with Crippen LogP contribution in [0.5, 0.6) is 5.75 Å². The zero-order valence-electron chi connectivity index (χ0n) is 21.8. The number of hydrogen-bond acceptors (Lipinski definition) is 6. The number of aliphatic imine (C=N–C) groups is 1. The van der Waals surface area contributed by atoms with Gasteiger partial charge < -0.3 is 14.8 Å². The summed E-state index contributed by atoms with van der Waals surface area (Å²) in [6.45, 7) is 2.50. The van der Waals surface area contributed by atoms with Crippen molar-refractivity contribution in [1.29, 1.82) is 0 Å². The molecule has 0 aliphatic heterocycles. The predicted molar refractivity (Wildman–Crippen MR) is 156 cm³/mol. The van der Waals surface area contributed by atoms with E-state index < -0.39 is 0 Å². The Morgan fingerprint density at radius 1 is 0.974 bits per heavy atom. The Labute approximate surface area is 232 Å². The van der Waals surface area contributed by atoms with Gasteiger partial charge in [-0.2, -0.15) is 0 Å². The standard InChI is InChI=1S/C32H30N2O4S/c1-2-37-32(36)24-17-15-22(16-18-24)21-38-26-12-8-9-23(19-26)20-33-31-29(27-13-6-7-14-28(27)39-31)30(35)34-25-10-4-3-5-11-25/h3-5,8-12,15-20H,2,6-7,13-14,21H2,1H3,(H,34,35). The van der Waals surface area contributed by atoms with Crippen LogP contribution in [-0.2, 0) is 24.2 Å². The number of carbonyl (C=O) groups excluding carboxylic acids is 2. The summed E-state index contributed by atoms with van der Waals surface area (Å²) in [4.78, 5) is 31.2. The van der Waals surface area contributed by atoms with Crippen molar-refractivity contribution in [3.8, 4) is 5.75 Å². The molecule has 0 radical (unpaired) electrons. The van der Waals surface area contributed by atoms with Crippen molar-refractivity contribution >= 4 is 40.1 Å². The van der Waals surface area contributed by atoms with Crippen LogP contribution in [0.3, 0.4) is 0 Å². The summed E-state index contributed by atoms with van der Waals surface area (Å²) in [7, 11) is 0. The van der Waals surface area contributed by atoms with Crippen molar-refractivity contribution in [2.24, 2.45) is 4.99 Å². The molecular formula is C32H30N2O4S. The maximum atomic E-state index is 13.3. The van der Waals surface area contributed by atoms with Gasteiger partial charge in [0.05, 0.1) is 17.7 Å². The molecule has 1 heterocycles. The number of nitrogens with zero attached hydrogens (tertiary/aromatic N) is 1. The van der Waals surface area contributed by atoms with Gasteiger partial charge in [-0.1, -0.05) is 42.5 Å². The molecule has 0 fully saturated rings. The second-order valence-corrected chi connectivity index (χ2v) is 10.3. The van der Waals surface area contributed by atoms with Gasteiger partial charge in [0, 0.05) is 16.8 Å². The lowest BCUT2D eigenvalue weighted by atomic mass is 9.95. The monoisotopic (exact) mass is 538 g/mol. The molecule has 1 aromatic heterocycles. The highest BCUT2D eigenvalue weighted by molar-refractivity contribution is 7.16. The average Bonchev–Trinajstić information content (AvgIpc) is 3.35. The first kappa shape index (κ1) is 26.4. The van der Waals surface area contributed by atoms with E-state index >= 15 is 0 Å². The average molecular weight is 539 g/mol. The molecule has 7 heteroatoms. The van der Waals surface area contributed by atoms with Gasteiger partial charge in [0.15, 0.2) is 0 Å². The van der Waals surface area contributed by atoms with Gasteiger partial charge in [-0.25, -0.2) is 9.79 Å². The Morgan fingerprint density at radius 3 is 2.56 bits per heavy atom. The molecule has 1 N–H and O–H groups in total. The van der Waals surface area contributed by atoms with E-state index in [0.29, 0.717) is 30.1 Å². The second-order valence-electron chi connectivity index (χ2n) is 9.25. The fraction of sp³-hybridized carbons (Fsp3) is 0.219. The number of hydrogen-bond donors (Lipinski definition) is 1. The molecule has 1 aliphatic carbocycles. The Bertz CT molecular complexity index is 1480. The van der Waals surface area contributed by atoms with Crippen molar-refractivity contribution < 1.29 is 19.1 Å². The van der Waals surface area contributed by atoms with Crippen molar-refractivity contribution in [3.05, 3.63) is 112 Å². The number of thiophene rings is 1. The van der Waals surface area contributed by atoms with E-state index in [1.54, 1.807) is 36.6 Å². The summed E-state index contributed by atoms with van der Waals surface area (Å²) in [6, 6.07) is 24.4. The molecule has 0 spiro atoms. The summed E-state index contributed by atoms with van der Waals surface area (Å²) in [5, 5.41) is 3.78. The van der Waals surface area contributed by atoms with Crippen LogP contribution in [0.25, 0.3) is 0 Å². The molecule has 0 saturated heterocycles. The summed E-state index contributed by atoms with van der Waals surface area (Å²) >= 11 is 1.62. The first-order chi connectivity index (χ1) is 19.1. The van der Waals surface area contributed by atoms with Gasteiger partial charge in [0.1, 0.15) is 17.4 Å². The lowest BCUT2D eigenvalue weighted by molar-refractivity contribution is 0.0526. The molecule has 4 aromatic rings. The molecule has 0 atom stereocenters. The highest BCUT2D eigenvalue weighted by atomic mass is 32.1. The molecule has 5 rings (SSSR count). The van der Waals surface area contributed by atoms with Gasteiger partial charge in [0.25, 0.3) is 5.91 Å². The predicted octanol–water partition coefficient (Wildman–Crippen LogP) is 7.39. The second kappa shape index (κ2) is 12.5. The molecule has 3 aromatic carbocycles. The molecule has 198 valence electrons. The van der Waals surface area contributed by atoms with E-state index in [1.807, 2.05) is 66.7 Å². The van der Waals surface area contributed by atoms with Crippen LogP contribution < -0.4 is 10.1 Å². The fourth-order valence-corrected chi connectivity index (χ4v) is 5.76. The van der Waals surface area contributed by atoms with Crippen LogP contribution in [0.4, 0.5) is 10.7 Å². The zero-order chi connectivity index (χ0) is 27.0. The number of benzene rings is 3. The molecular weight excluding hydrogens is 508 g/mol. The Hall–Kier alpha value is -4.23. The topological polar surface area (TPSA) is 77.0 Å². The quantitative estimate of drug-likeness (QED) is 0.178. The largest absolute Gasteiger partial charge is 0.489 e. The van der Waals surface area contributed by atoms with Gasteiger partial charge in [-0.3, -0.25) is 4.79 Å². The van der Waals surface area contributed by atoms with Crippen molar-refractivity contribution in [2.45, 2.75) is 39.2 Å². The maximum Gasteiger partial charge on any atom is 0.338 e. The van der Waals surface area contributed by atoms with Gasteiger partial charge >= 0.3 is 5.97 Å². The summed E-state index contributed by atoms with van der Waals surface area (Å²) < 4.78 is 11.0. The lowest BCUT2D eigenvalue weighted by Crippen LogP contribution is -2.14. The van der Waals surface area contributed by atoms with Crippen LogP contribution in [0.1, 0.15) is 62.0 Å². The normalized spacial score (nSPS) is 12.6. The van der Waals surface area contributed by atoms with E-state index in [9.17, 15) is 9.59 Å². The smallest absolute Gasteiger partial charge is 0.338 e. The molecule has 39 heavy (non-hydrogen) atoms. The molecule has 0 unspecified atom stereocenters. The minimum Gasteiger partial charge on any atom is -0.489 e. The van der Waals surface area contributed by atoms with Crippen molar-refractivity contribution in [1.82, 2.24) is 0 Å². The van der Waals surface area contributed by atoms with Crippen LogP contribution in [-0.4, -0.2) is 24.7 Å². The third kappa shape index (κ3) is 6.62. The van der Waals surface area contributed by atoms with E-state index in [-0.39, 0.29) is 11.9 Å². The van der Waals surface area contributed by atoms with Crippen LogP contribution in [0.15, 0.2) is 83.9 Å². The first-order valence-corrected chi connectivity index (χ1v) is 14.0. The number of anilines is 1. The van der Waals surface area contributed by atoms with Crippen LogP contribution >= 0.6 is 11.3 Å². The highest BCUT2D eigenvalue weighted by Gasteiger charge is 2.25. The van der Waals surface area contributed by atoms with Crippen LogP contribution in [0, 0.1) is 0 Å². The summed E-state index contributed by atoms with van der Waals surface area (Å²) in [5.74, 6) is 0.268. The number of para-hydroxylation sites is 1. The Balaban J connectivity index is 1.30. The number of aryl methyl sites for hydroxylation is 1. The first-order valence-electron chi connectivity index (χ1n) is 13.1. The van der Waals surface area contributed by atoms with Crippen LogP contribution in [0.2, 0.25) is 0 Å². The summed E-state index contributed by atoms with van der Waals surface area (Å²) in [6.07, 6.45) is 5.91. The van der Waals surface area contributed by atoms with Gasteiger partial charge in [0.2, 0.25) is 0 Å². The number of ether oxygens (including phenoxy) is 2. The number of esters is 1. The Kier molecular flexibility index (Phi) is 8.48. The fourth-order valence-electron chi connectivity index (χ4n) is 4.53. The maximum absolute atomic E-state index is 13.3. The molecule has 0 saturated carbocycles. The number of nitrogens with one attached hydrogen (secondary N) is 1. The van der Waals surface area contributed by atoms with Crippen molar-refractivity contribution in [2.75, 3.05) is 11.9 Å². The SMILES string of the molecule is CCOC(=O)c1ccc(COc2cccc(C=Nc3sc4c(c3C(=O)Nc3ccccc3)CCCC4)c2)cc1. The molecule has 0 bridgehead atoms. The van der Waals surface area contributed by atoms with Crippen molar-refractivity contribution in [3.63, 3.8) is 0 Å². The minimum absolute atomic E-state index is 0.112. The van der Waals surface area contributed by atoms with Gasteiger partial charge in [-0.15, -0.1) is 11.3 Å². The zero-order valence-corrected chi connectivity index (χ0v) is 22.6. The van der Waals surface area contributed by atoms with E-state index in [2.05, 4.69) is 5.32 Å². The minimum atomic E-state index is -0.329. The number of rotatable bonds is 9. The summed E-state index contributed by atoms with van der Waals surface area (Å²) in [5.41, 5.74) is 4.94.